The summed E-state index contributed by atoms with van der Waals surface area (Å²) >= 11 is 9.29. The number of carboxylic acids is 1. The van der Waals surface area contributed by atoms with Crippen molar-refractivity contribution in [2.45, 2.75) is 112 Å². The fourth-order valence-corrected chi connectivity index (χ4v) is 12.8. The Bertz CT molecular complexity index is 3750. The number of nitrogens with zero attached hydrogens (tertiary/aromatic N) is 10. The van der Waals surface area contributed by atoms with E-state index >= 15 is 8.78 Å². The van der Waals surface area contributed by atoms with Crippen LogP contribution in [0.4, 0.5) is 30.9 Å². The van der Waals surface area contributed by atoms with E-state index in [9.17, 15) is 63.4 Å². The summed E-state index contributed by atoms with van der Waals surface area (Å²) in [4.78, 5) is 125. The summed E-state index contributed by atoms with van der Waals surface area (Å²) in [7, 11) is 1.38. The molecule has 2 unspecified atom stereocenters. The normalized spacial score (nSPS) is 30.1. The molecule has 0 spiro atoms. The molecule has 4 saturated heterocycles. The molecule has 1 aromatic carbocycles. The molecule has 5 aliphatic heterocycles. The monoisotopic (exact) mass is 1360 g/mol. The van der Waals surface area contributed by atoms with Crippen LogP contribution in [0.15, 0.2) is 55.7 Å². The first kappa shape index (κ1) is 66.5. The summed E-state index contributed by atoms with van der Waals surface area (Å²) in [6, 6.07) is 3.89. The maximum atomic E-state index is 16.7. The highest BCUT2D eigenvalue weighted by atomic mass is 32.7. The van der Waals surface area contributed by atoms with E-state index in [4.69, 9.17) is 59.3 Å². The van der Waals surface area contributed by atoms with Crippen LogP contribution in [0.1, 0.15) is 43.7 Å². The van der Waals surface area contributed by atoms with Crippen LogP contribution in [0.3, 0.4) is 0 Å². The quantitative estimate of drug-likeness (QED) is 0.0291. The van der Waals surface area contributed by atoms with Gasteiger partial charge in [-0.05, 0) is 35.9 Å². The smallest absolute Gasteiger partial charge is 0.409 e. The van der Waals surface area contributed by atoms with Crippen molar-refractivity contribution in [3.8, 4) is 5.75 Å². The molecule has 6 amide bonds. The number of ether oxygens (including phenoxy) is 5. The number of aliphatic hydroxyl groups excluding tert-OH is 3. The van der Waals surface area contributed by atoms with Crippen LogP contribution in [0.2, 0.25) is 0 Å². The lowest BCUT2D eigenvalue weighted by Crippen LogP contribution is -2.61. The lowest BCUT2D eigenvalue weighted by atomic mass is 9.99. The molecule has 0 radical (unpaired) electrons. The van der Waals surface area contributed by atoms with Crippen LogP contribution >= 0.6 is 25.8 Å². The number of imidazole rings is 2. The average Bonchev–Trinajstić information content (AvgIpc) is 1.73. The number of nitrogens with one attached hydrogen (secondary N) is 3. The minimum Gasteiger partial charge on any atom is -0.479 e. The summed E-state index contributed by atoms with van der Waals surface area (Å²) in [6.45, 7) is -11.4. The van der Waals surface area contributed by atoms with Crippen LogP contribution in [0.5, 0.6) is 5.75 Å². The second-order valence-electron chi connectivity index (χ2n) is 20.7. The van der Waals surface area contributed by atoms with Crippen LogP contribution in [0, 0.1) is 0 Å². The van der Waals surface area contributed by atoms with Crippen molar-refractivity contribution in [2.75, 3.05) is 56.3 Å². The van der Waals surface area contributed by atoms with E-state index in [-0.39, 0.29) is 96.3 Å². The molecule has 5 aromatic rings. The molecule has 4 aromatic heterocycles. The fourth-order valence-electron chi connectivity index (χ4n) is 9.89. The zero-order chi connectivity index (χ0) is 65.2. The maximum Gasteiger partial charge on any atom is 0.409 e. The van der Waals surface area contributed by atoms with E-state index < -0.39 is 155 Å². The minimum atomic E-state index is -4.59. The summed E-state index contributed by atoms with van der Waals surface area (Å²) in [6.07, 6.45) is -19.0. The predicted molar refractivity (Wildman–Crippen MR) is 306 cm³/mol. The van der Waals surface area contributed by atoms with Gasteiger partial charge in [-0.3, -0.25) is 51.6 Å². The number of imide groups is 1. The van der Waals surface area contributed by atoms with Gasteiger partial charge in [0.25, 0.3) is 11.8 Å². The molecular formula is C49H56F2N14O22P2S2. The molecule has 91 heavy (non-hydrogen) atoms. The fraction of sp³-hybridized carbons (Fsp3) is 0.490. The molecule has 0 saturated carbocycles. The van der Waals surface area contributed by atoms with Gasteiger partial charge in [-0.2, -0.15) is 0 Å². The molecule has 9 heterocycles. The first-order valence-corrected chi connectivity index (χ1v) is 32.6. The Morgan fingerprint density at radius 2 is 1.44 bits per heavy atom. The van der Waals surface area contributed by atoms with Crippen molar-refractivity contribution < 1.29 is 114 Å². The predicted octanol–water partition coefficient (Wildman–Crippen LogP) is -0.190. The summed E-state index contributed by atoms with van der Waals surface area (Å²) in [5.41, 5.74) is 6.10. The van der Waals surface area contributed by atoms with Crippen LogP contribution in [-0.4, -0.2) is 223 Å². The molecule has 490 valence electrons. The Hall–Kier alpha value is -7.40. The molecule has 10 rings (SSSR count). The Kier molecular flexibility index (Phi) is 20.3. The molecule has 10 N–H and O–H groups in total. The average molecular weight is 1360 g/mol. The number of carboxylic acid groups (broad SMARTS) is 1. The van der Waals surface area contributed by atoms with Gasteiger partial charge in [0.2, 0.25) is 24.0 Å². The SMILES string of the molecule is CN(CCCC(=O)Nc1ncnc2c1ncn2[C@@H]1O[C@@H]2COP(O)(=S)O[C@H]3[C@@H](F)[C@H](n4cnc5c(N)ncnc54)O[C@@H]3COP(=O)(S)O[C@H]2[C@H]1F)C(=O)OCc1ccc(O[C@@H]2O[C@H](C(=O)O)[C@@H](O)[C@H](O)[C@H]2O)c(NC(=O)CCNC(=O)CCN2C(=O)C=CC2=O)c1. The van der Waals surface area contributed by atoms with Crippen molar-refractivity contribution in [1.29, 1.82) is 0 Å². The lowest BCUT2D eigenvalue weighted by molar-refractivity contribution is -0.271. The second kappa shape index (κ2) is 27.8. The number of benzene rings is 1. The van der Waals surface area contributed by atoms with Crippen molar-refractivity contribution >= 4 is 119 Å². The number of aromatic nitrogens is 8. The van der Waals surface area contributed by atoms with Gasteiger partial charge >= 0.3 is 25.6 Å². The zero-order valence-corrected chi connectivity index (χ0v) is 50.5. The van der Waals surface area contributed by atoms with E-state index in [1.54, 1.807) is 0 Å². The first-order chi connectivity index (χ1) is 43.3. The topological polar surface area (TPSA) is 477 Å². The number of hydrogen-bond acceptors (Lipinski definition) is 28. The number of carbonyl (C=O) groups is 7. The second-order valence-corrected chi connectivity index (χ2v) is 26.4. The number of hydrogen-bond donors (Lipinski definition) is 10. The third kappa shape index (κ3) is 15.1. The van der Waals surface area contributed by atoms with Gasteiger partial charge in [0, 0.05) is 58.1 Å². The highest BCUT2D eigenvalue weighted by Crippen LogP contribution is 2.59. The standard InChI is InChI=1S/C49H56F2N14O22P2S2/c1-62(49(76)79-14-21-4-5-23(84-48-37(73)35(71)36(72)40(85-48)47(74)75)22(13-21)60-28(68)8-10-53-26(66)9-12-63-29(69)6-7-30(63)70)11-2-3-27(67)61-42-34-44(57-18-55-42)65(20-59-34)46-32(51)39-25(83-46)16-81-88(77,90)86-38-24(15-80-89(78,91)87-39)82-45(31(38)50)64-19-58-33-41(52)54-17-56-43(33)64/h4-7,13,17-20,24-25,31-32,35-40,45-46,48,71-73H,2-3,8-12,14-16H2,1H3,(H,53,66)(H,60,68)(H,74,75)(H,77,90)(H,78,91)(H2,52,54,56)(H,55,57,61,67)/t24-,25-,31-,32-,35+,36+,37-,38-,39-,40+,45-,46-,48-,88?,89?/m1/s1. The molecule has 0 aliphatic carbocycles. The van der Waals surface area contributed by atoms with Crippen molar-refractivity contribution in [3.05, 3.63) is 61.2 Å². The van der Waals surface area contributed by atoms with E-state index in [1.165, 1.54) is 36.1 Å². The van der Waals surface area contributed by atoms with Crippen molar-refractivity contribution in [1.82, 2.24) is 54.2 Å². The van der Waals surface area contributed by atoms with Crippen molar-refractivity contribution in [3.63, 3.8) is 0 Å². The number of carbonyl (C=O) groups excluding carboxylic acids is 6. The van der Waals surface area contributed by atoms with Gasteiger partial charge in [-0.25, -0.2) is 52.8 Å². The minimum absolute atomic E-state index is 0.000569. The number of rotatable bonds is 19. The van der Waals surface area contributed by atoms with E-state index in [2.05, 4.69) is 58.1 Å². The molecule has 0 bridgehead atoms. The van der Waals surface area contributed by atoms with E-state index in [0.29, 0.717) is 0 Å². The Morgan fingerprint density at radius 1 is 0.813 bits per heavy atom. The molecule has 36 nitrogen and oxygen atoms in total. The number of nitrogen functional groups attached to an aromatic ring is 1. The molecule has 15 atom stereocenters. The number of halogens is 2. The van der Waals surface area contributed by atoms with Gasteiger partial charge in [0.05, 0.1) is 31.6 Å². The highest BCUT2D eigenvalue weighted by molar-refractivity contribution is 8.44. The van der Waals surface area contributed by atoms with Crippen LogP contribution < -0.4 is 26.4 Å². The lowest BCUT2D eigenvalue weighted by Gasteiger charge is -2.38. The summed E-state index contributed by atoms with van der Waals surface area (Å²) < 4.78 is 99.7. The number of anilines is 3. The van der Waals surface area contributed by atoms with Gasteiger partial charge in [0.1, 0.15) is 73.3 Å². The van der Waals surface area contributed by atoms with Gasteiger partial charge in [-0.15, -0.1) is 0 Å². The van der Waals surface area contributed by atoms with Gasteiger partial charge in [-0.1, -0.05) is 18.3 Å². The largest absolute Gasteiger partial charge is 0.479 e. The number of fused-ring (bicyclic) bond motifs is 4. The van der Waals surface area contributed by atoms with Crippen LogP contribution in [0.25, 0.3) is 22.3 Å². The number of nitrogens with two attached hydrogens (primary N) is 1. The van der Waals surface area contributed by atoms with E-state index in [0.717, 1.165) is 45.5 Å². The third-order valence-electron chi connectivity index (χ3n) is 14.5. The van der Waals surface area contributed by atoms with Gasteiger partial charge < -0.3 is 80.1 Å². The maximum absolute atomic E-state index is 16.7. The Balaban J connectivity index is 0.725. The number of amides is 6. The number of thiol groups is 1. The number of aliphatic carboxylic acids is 1. The number of alkyl halides is 2. The van der Waals surface area contributed by atoms with Gasteiger partial charge in [0.15, 0.2) is 59.3 Å². The van der Waals surface area contributed by atoms with Crippen LogP contribution in [-0.2, 0) is 88.8 Å². The number of aliphatic hydroxyl groups is 3. The summed E-state index contributed by atoms with van der Waals surface area (Å²) in [5, 5.41) is 48.3. The highest BCUT2D eigenvalue weighted by Gasteiger charge is 2.55. The summed E-state index contributed by atoms with van der Waals surface area (Å²) in [5.74, 6) is -5.12. The Labute approximate surface area is 520 Å². The first-order valence-electron chi connectivity index (χ1n) is 27.3. The molecular weight excluding hydrogens is 1300 g/mol. The zero-order valence-electron chi connectivity index (χ0n) is 47.0. The Morgan fingerprint density at radius 3 is 2.12 bits per heavy atom. The molecule has 42 heteroatoms. The molecule has 5 aliphatic rings. The van der Waals surface area contributed by atoms with Crippen molar-refractivity contribution in [2.24, 2.45) is 0 Å². The van der Waals surface area contributed by atoms with E-state index in [1.807, 2.05) is 0 Å². The molecule has 4 fully saturated rings. The third-order valence-corrected chi connectivity index (χ3v) is 17.7.